The van der Waals surface area contributed by atoms with Gasteiger partial charge in [0, 0.05) is 24.0 Å². The molecule has 2 N–H and O–H groups in total. The van der Waals surface area contributed by atoms with Gasteiger partial charge in [-0.1, -0.05) is 12.1 Å². The van der Waals surface area contributed by atoms with Crippen molar-refractivity contribution in [3.63, 3.8) is 0 Å². The van der Waals surface area contributed by atoms with Crippen LogP contribution >= 0.6 is 0 Å². The van der Waals surface area contributed by atoms with E-state index < -0.39 is 0 Å². The molecule has 32 heavy (non-hydrogen) atoms. The van der Waals surface area contributed by atoms with Gasteiger partial charge < -0.3 is 9.55 Å². The van der Waals surface area contributed by atoms with E-state index in [1.54, 1.807) is 24.5 Å². The molecule has 0 amide bonds. The average Bonchev–Trinajstić information content (AvgIpc) is 3.50. The molecule has 0 fully saturated rings. The molecule has 5 aromatic heterocycles. The molecule has 6 rings (SSSR count). The van der Waals surface area contributed by atoms with Gasteiger partial charge in [0.2, 0.25) is 0 Å². The number of aryl methyl sites for hydroxylation is 1. The summed E-state index contributed by atoms with van der Waals surface area (Å²) in [5.74, 6) is 0.661. The lowest BCUT2D eigenvalue weighted by atomic mass is 10.0. The smallest absolute Gasteiger partial charge is 0.138 e. The van der Waals surface area contributed by atoms with Crippen molar-refractivity contribution in [1.82, 2.24) is 34.7 Å². The van der Waals surface area contributed by atoms with Crippen molar-refractivity contribution in [2.75, 3.05) is 0 Å². The Labute approximate surface area is 182 Å². The Bertz CT molecular complexity index is 1610. The van der Waals surface area contributed by atoms with Crippen molar-refractivity contribution in [3.8, 4) is 33.9 Å². The highest BCUT2D eigenvalue weighted by molar-refractivity contribution is 6.00. The zero-order valence-electron chi connectivity index (χ0n) is 17.4. The zero-order chi connectivity index (χ0) is 21.8. The van der Waals surface area contributed by atoms with Crippen LogP contribution in [-0.4, -0.2) is 34.7 Å². The molecule has 0 saturated carbocycles. The molecule has 0 saturated heterocycles. The lowest BCUT2D eigenvalue weighted by Gasteiger charge is -2.03. The van der Waals surface area contributed by atoms with Gasteiger partial charge in [-0.25, -0.2) is 14.4 Å². The van der Waals surface area contributed by atoms with Crippen molar-refractivity contribution in [2.24, 2.45) is 7.05 Å². The number of H-pyrrole nitrogens is 2. The predicted molar refractivity (Wildman–Crippen MR) is 121 cm³/mol. The summed E-state index contributed by atoms with van der Waals surface area (Å²) in [5.41, 5.74) is 6.87. The van der Waals surface area contributed by atoms with Gasteiger partial charge in [-0.3, -0.25) is 10.1 Å². The molecule has 0 aliphatic carbocycles. The molecule has 156 valence electrons. The van der Waals surface area contributed by atoms with Gasteiger partial charge in [0.1, 0.15) is 23.0 Å². The van der Waals surface area contributed by atoms with Crippen molar-refractivity contribution < 1.29 is 4.39 Å². The highest BCUT2D eigenvalue weighted by Gasteiger charge is 2.16. The molecule has 0 atom stereocenters. The quantitative estimate of drug-likeness (QED) is 0.419. The van der Waals surface area contributed by atoms with E-state index in [1.807, 2.05) is 42.9 Å². The number of imidazole rings is 1. The molecule has 8 heteroatoms. The fraction of sp³-hybridized carbons (Fsp3) is 0.0833. The van der Waals surface area contributed by atoms with Crippen LogP contribution in [0.1, 0.15) is 5.82 Å². The Kier molecular flexibility index (Phi) is 3.94. The van der Waals surface area contributed by atoms with Gasteiger partial charge in [-0.15, -0.1) is 0 Å². The largest absolute Gasteiger partial charge is 0.338 e. The fourth-order valence-electron chi connectivity index (χ4n) is 4.04. The van der Waals surface area contributed by atoms with Gasteiger partial charge >= 0.3 is 0 Å². The molecule has 6 aromatic rings. The highest BCUT2D eigenvalue weighted by atomic mass is 19.1. The van der Waals surface area contributed by atoms with E-state index in [2.05, 4.69) is 30.1 Å². The number of aromatic amines is 2. The van der Waals surface area contributed by atoms with E-state index in [1.165, 1.54) is 12.1 Å². The average molecular weight is 423 g/mol. The molecular weight excluding hydrogens is 405 g/mol. The van der Waals surface area contributed by atoms with Crippen LogP contribution in [0.25, 0.3) is 55.8 Å². The number of nitrogens with one attached hydrogen (secondary N) is 2. The molecule has 0 spiro atoms. The summed E-state index contributed by atoms with van der Waals surface area (Å²) in [4.78, 5) is 16.8. The van der Waals surface area contributed by atoms with Crippen molar-refractivity contribution in [1.29, 1.82) is 0 Å². The molecule has 0 aliphatic heterocycles. The van der Waals surface area contributed by atoms with E-state index >= 15 is 0 Å². The maximum Gasteiger partial charge on any atom is 0.138 e. The van der Waals surface area contributed by atoms with Gasteiger partial charge in [0.15, 0.2) is 0 Å². The minimum absolute atomic E-state index is 0.259. The summed E-state index contributed by atoms with van der Waals surface area (Å²) in [6.07, 6.45) is 5.36. The molecular formula is C24H18FN7. The SMILES string of the molecule is Cc1ncc(-c2cc3c(-c4cc5c(-c6ccc(F)cc6)ccnc5[nH]4)n[nH]c3cn2)n1C. The standard InChI is InChI=1S/C24H18FN7/c1-13-27-12-22(32(13)2)19-10-18-21(11-28-19)30-31-23(18)20-9-17-16(7-8-26-24(17)29-20)14-3-5-15(25)6-4-14/h3-12H,1-2H3,(H,26,29)(H,30,31). The van der Waals surface area contributed by atoms with Crippen LogP contribution < -0.4 is 0 Å². The number of pyridine rings is 2. The van der Waals surface area contributed by atoms with E-state index in [0.717, 1.165) is 61.7 Å². The number of halogens is 1. The summed E-state index contributed by atoms with van der Waals surface area (Å²) in [5, 5.41) is 9.50. The molecule has 0 bridgehead atoms. The molecule has 0 aliphatic rings. The van der Waals surface area contributed by atoms with Crippen LogP contribution in [0, 0.1) is 12.7 Å². The number of hydrogen-bond donors (Lipinski definition) is 2. The van der Waals surface area contributed by atoms with Gasteiger partial charge in [0.05, 0.1) is 35.0 Å². The van der Waals surface area contributed by atoms with Crippen molar-refractivity contribution in [2.45, 2.75) is 6.92 Å². The Balaban J connectivity index is 1.51. The minimum atomic E-state index is -0.259. The second kappa shape index (κ2) is 6.84. The minimum Gasteiger partial charge on any atom is -0.338 e. The summed E-state index contributed by atoms with van der Waals surface area (Å²) in [6.45, 7) is 1.96. The Hall–Kier alpha value is -4.33. The Morgan fingerprint density at radius 3 is 2.56 bits per heavy atom. The van der Waals surface area contributed by atoms with Crippen molar-refractivity contribution >= 4 is 21.9 Å². The highest BCUT2D eigenvalue weighted by Crippen LogP contribution is 2.34. The van der Waals surface area contributed by atoms with E-state index in [-0.39, 0.29) is 5.82 Å². The number of benzene rings is 1. The monoisotopic (exact) mass is 423 g/mol. The number of nitrogens with zero attached hydrogens (tertiary/aromatic N) is 5. The number of fused-ring (bicyclic) bond motifs is 2. The number of rotatable bonds is 3. The zero-order valence-corrected chi connectivity index (χ0v) is 17.4. The van der Waals surface area contributed by atoms with Gasteiger partial charge in [-0.2, -0.15) is 5.10 Å². The van der Waals surface area contributed by atoms with E-state index in [0.29, 0.717) is 0 Å². The Morgan fingerprint density at radius 1 is 0.938 bits per heavy atom. The van der Waals surface area contributed by atoms with Crippen LogP contribution in [0.15, 0.2) is 61.1 Å². The lowest BCUT2D eigenvalue weighted by Crippen LogP contribution is -1.95. The van der Waals surface area contributed by atoms with Crippen LogP contribution in [0.2, 0.25) is 0 Å². The molecule has 0 radical (unpaired) electrons. The third kappa shape index (κ3) is 2.80. The first-order chi connectivity index (χ1) is 15.6. The number of aromatic nitrogens is 7. The Morgan fingerprint density at radius 2 is 1.78 bits per heavy atom. The first-order valence-electron chi connectivity index (χ1n) is 10.2. The molecule has 5 heterocycles. The fourth-order valence-corrected chi connectivity index (χ4v) is 4.04. The van der Waals surface area contributed by atoms with E-state index in [9.17, 15) is 4.39 Å². The predicted octanol–water partition coefficient (Wildman–Crippen LogP) is 5.02. The first kappa shape index (κ1) is 18.4. The van der Waals surface area contributed by atoms with Crippen LogP contribution in [0.5, 0.6) is 0 Å². The summed E-state index contributed by atoms with van der Waals surface area (Å²) >= 11 is 0. The maximum absolute atomic E-state index is 13.4. The third-order valence-electron chi connectivity index (χ3n) is 5.87. The summed E-state index contributed by atoms with van der Waals surface area (Å²) < 4.78 is 15.4. The van der Waals surface area contributed by atoms with E-state index in [4.69, 9.17) is 0 Å². The van der Waals surface area contributed by atoms with Gasteiger partial charge in [-0.05, 0) is 48.4 Å². The third-order valence-corrected chi connectivity index (χ3v) is 5.87. The lowest BCUT2D eigenvalue weighted by molar-refractivity contribution is 0.628. The molecule has 7 nitrogen and oxygen atoms in total. The first-order valence-corrected chi connectivity index (χ1v) is 10.2. The normalized spacial score (nSPS) is 11.6. The topological polar surface area (TPSA) is 88.1 Å². The van der Waals surface area contributed by atoms with Crippen molar-refractivity contribution in [3.05, 3.63) is 72.7 Å². The van der Waals surface area contributed by atoms with Gasteiger partial charge in [0.25, 0.3) is 0 Å². The maximum atomic E-state index is 13.4. The van der Waals surface area contributed by atoms with Crippen LogP contribution in [0.4, 0.5) is 4.39 Å². The second-order valence-electron chi connectivity index (χ2n) is 7.75. The second-order valence-corrected chi connectivity index (χ2v) is 7.75. The van der Waals surface area contributed by atoms with Crippen LogP contribution in [-0.2, 0) is 7.05 Å². The summed E-state index contributed by atoms with van der Waals surface area (Å²) in [6, 6.07) is 12.5. The summed E-state index contributed by atoms with van der Waals surface area (Å²) in [7, 11) is 1.97. The van der Waals surface area contributed by atoms with Crippen LogP contribution in [0.3, 0.4) is 0 Å². The molecule has 0 unspecified atom stereocenters. The number of hydrogen-bond acceptors (Lipinski definition) is 4. The molecule has 1 aromatic carbocycles.